The van der Waals surface area contributed by atoms with Crippen molar-refractivity contribution in [2.24, 2.45) is 5.92 Å². The Morgan fingerprint density at radius 2 is 2.22 bits per heavy atom. The summed E-state index contributed by atoms with van der Waals surface area (Å²) in [6.07, 6.45) is -0.240. The molecule has 18 heavy (non-hydrogen) atoms. The fraction of sp³-hybridized carbons (Fsp3) is 0.500. The van der Waals surface area contributed by atoms with Crippen molar-refractivity contribution >= 4 is 11.8 Å². The Labute approximate surface area is 108 Å². The van der Waals surface area contributed by atoms with Gasteiger partial charge in [0.05, 0.1) is 12.3 Å². The van der Waals surface area contributed by atoms with Crippen LogP contribution in [-0.2, 0) is 4.74 Å². The molecule has 0 aromatic heterocycles. The zero-order valence-electron chi connectivity index (χ0n) is 11.2. The maximum absolute atomic E-state index is 11.9. The largest absolute Gasteiger partial charge is 0.449 e. The quantitative estimate of drug-likeness (QED) is 0.890. The van der Waals surface area contributed by atoms with E-state index in [1.807, 2.05) is 33.0 Å². The molecule has 1 atom stereocenters. The topological polar surface area (TPSA) is 41.6 Å². The average Bonchev–Trinajstić information content (AvgIpc) is 2.35. The molecule has 1 fully saturated rings. The molecule has 1 amide bonds. The van der Waals surface area contributed by atoms with Crippen molar-refractivity contribution in [1.29, 1.82) is 0 Å². The van der Waals surface area contributed by atoms with E-state index in [0.29, 0.717) is 19.1 Å². The summed E-state index contributed by atoms with van der Waals surface area (Å²) in [6, 6.07) is 6.14. The van der Waals surface area contributed by atoms with Crippen LogP contribution in [-0.4, -0.2) is 32.8 Å². The van der Waals surface area contributed by atoms with E-state index >= 15 is 0 Å². The van der Waals surface area contributed by atoms with Crippen molar-refractivity contribution in [2.75, 3.05) is 31.6 Å². The third-order valence-electron chi connectivity index (χ3n) is 3.25. The number of amides is 1. The normalized spacial score (nSPS) is 19.8. The van der Waals surface area contributed by atoms with Crippen LogP contribution in [0.4, 0.5) is 10.5 Å². The molecule has 1 aliphatic heterocycles. The number of rotatable bonds is 3. The molecule has 0 saturated carbocycles. The molecule has 0 aliphatic carbocycles. The van der Waals surface area contributed by atoms with Crippen molar-refractivity contribution < 1.29 is 9.53 Å². The van der Waals surface area contributed by atoms with Crippen molar-refractivity contribution in [3.63, 3.8) is 0 Å². The number of ether oxygens (including phenoxy) is 1. The number of benzene rings is 1. The van der Waals surface area contributed by atoms with Gasteiger partial charge in [-0.25, -0.2) is 4.79 Å². The van der Waals surface area contributed by atoms with Gasteiger partial charge < -0.3 is 10.1 Å². The molecule has 1 aromatic carbocycles. The number of cyclic esters (lactones) is 1. The van der Waals surface area contributed by atoms with E-state index in [1.165, 1.54) is 0 Å². The molecule has 1 heterocycles. The molecule has 1 aromatic rings. The van der Waals surface area contributed by atoms with Crippen LogP contribution in [0.2, 0.25) is 0 Å². The van der Waals surface area contributed by atoms with Gasteiger partial charge in [-0.1, -0.05) is 12.1 Å². The van der Waals surface area contributed by atoms with E-state index in [1.54, 1.807) is 4.90 Å². The van der Waals surface area contributed by atoms with Gasteiger partial charge in [-0.05, 0) is 38.1 Å². The third-order valence-corrected chi connectivity index (χ3v) is 3.25. The number of carbonyl (C=O) groups is 1. The summed E-state index contributed by atoms with van der Waals surface area (Å²) in [6.45, 7) is 6.12. The van der Waals surface area contributed by atoms with E-state index in [0.717, 1.165) is 23.4 Å². The van der Waals surface area contributed by atoms with E-state index in [9.17, 15) is 4.79 Å². The lowest BCUT2D eigenvalue weighted by Gasteiger charge is -2.33. The number of hydrogen-bond acceptors (Lipinski definition) is 3. The fourth-order valence-corrected chi connectivity index (χ4v) is 2.27. The van der Waals surface area contributed by atoms with Crippen LogP contribution < -0.4 is 10.2 Å². The van der Waals surface area contributed by atoms with E-state index in [-0.39, 0.29) is 6.09 Å². The molecule has 1 unspecified atom stereocenters. The maximum atomic E-state index is 11.9. The van der Waals surface area contributed by atoms with Gasteiger partial charge in [0.1, 0.15) is 0 Å². The van der Waals surface area contributed by atoms with Gasteiger partial charge in [-0.3, -0.25) is 4.90 Å². The summed E-state index contributed by atoms with van der Waals surface area (Å²) in [4.78, 5) is 13.6. The molecule has 0 bridgehead atoms. The van der Waals surface area contributed by atoms with Gasteiger partial charge in [0, 0.05) is 19.0 Å². The average molecular weight is 248 g/mol. The Balaban J connectivity index is 2.24. The number of anilines is 1. The molecular formula is C14H20N2O2. The summed E-state index contributed by atoms with van der Waals surface area (Å²) in [5.74, 6) is 0.340. The Morgan fingerprint density at radius 1 is 1.44 bits per heavy atom. The van der Waals surface area contributed by atoms with Crippen molar-refractivity contribution in [2.45, 2.75) is 13.8 Å². The molecule has 2 rings (SSSR count). The van der Waals surface area contributed by atoms with E-state index < -0.39 is 0 Å². The van der Waals surface area contributed by atoms with Crippen LogP contribution in [0.5, 0.6) is 0 Å². The highest BCUT2D eigenvalue weighted by Crippen LogP contribution is 2.25. The number of nitrogens with one attached hydrogen (secondary N) is 1. The minimum atomic E-state index is -0.240. The fourth-order valence-electron chi connectivity index (χ4n) is 2.27. The SMILES string of the molecule is CNCC1COC(=O)N(c2cc(C)ccc2C)C1. The molecule has 1 N–H and O–H groups in total. The second kappa shape index (κ2) is 5.40. The minimum absolute atomic E-state index is 0.240. The van der Waals surface area contributed by atoms with Gasteiger partial charge in [-0.2, -0.15) is 0 Å². The minimum Gasteiger partial charge on any atom is -0.449 e. The van der Waals surface area contributed by atoms with Crippen molar-refractivity contribution in [3.8, 4) is 0 Å². The summed E-state index contributed by atoms with van der Waals surface area (Å²) >= 11 is 0. The molecule has 0 spiro atoms. The smallest absolute Gasteiger partial charge is 0.414 e. The molecule has 1 aliphatic rings. The Bertz CT molecular complexity index is 445. The summed E-state index contributed by atoms with van der Waals surface area (Å²) < 4.78 is 5.25. The summed E-state index contributed by atoms with van der Waals surface area (Å²) in [7, 11) is 1.92. The van der Waals surface area contributed by atoms with Crippen molar-refractivity contribution in [1.82, 2.24) is 5.32 Å². The Kier molecular flexibility index (Phi) is 3.87. The van der Waals surface area contributed by atoms with Crippen LogP contribution in [0.3, 0.4) is 0 Å². The zero-order valence-corrected chi connectivity index (χ0v) is 11.2. The van der Waals surface area contributed by atoms with E-state index in [2.05, 4.69) is 11.4 Å². The van der Waals surface area contributed by atoms with Gasteiger partial charge in [-0.15, -0.1) is 0 Å². The molecular weight excluding hydrogens is 228 g/mol. The standard InChI is InChI=1S/C14H20N2O2/c1-10-4-5-11(2)13(6-10)16-8-12(7-15-3)9-18-14(16)17/h4-6,12,15H,7-9H2,1-3H3. The highest BCUT2D eigenvalue weighted by molar-refractivity contribution is 5.89. The Hall–Kier alpha value is -1.55. The predicted molar refractivity (Wildman–Crippen MR) is 72.0 cm³/mol. The van der Waals surface area contributed by atoms with Crippen LogP contribution in [0, 0.1) is 19.8 Å². The molecule has 0 radical (unpaired) electrons. The van der Waals surface area contributed by atoms with Crippen LogP contribution in [0.15, 0.2) is 18.2 Å². The van der Waals surface area contributed by atoms with Gasteiger partial charge in [0.25, 0.3) is 0 Å². The Morgan fingerprint density at radius 3 is 2.94 bits per heavy atom. The lowest BCUT2D eigenvalue weighted by atomic mass is 10.1. The highest BCUT2D eigenvalue weighted by Gasteiger charge is 2.28. The first-order valence-corrected chi connectivity index (χ1v) is 6.28. The van der Waals surface area contributed by atoms with E-state index in [4.69, 9.17) is 4.74 Å². The van der Waals surface area contributed by atoms with Gasteiger partial charge in [0.2, 0.25) is 0 Å². The lowest BCUT2D eigenvalue weighted by Crippen LogP contribution is -2.46. The number of aryl methyl sites for hydroxylation is 2. The molecule has 1 saturated heterocycles. The van der Waals surface area contributed by atoms with Crippen LogP contribution >= 0.6 is 0 Å². The zero-order chi connectivity index (χ0) is 13.1. The molecule has 4 heteroatoms. The number of nitrogens with zero attached hydrogens (tertiary/aromatic N) is 1. The van der Waals surface area contributed by atoms with Gasteiger partial charge in [0.15, 0.2) is 0 Å². The second-order valence-corrected chi connectivity index (χ2v) is 4.90. The monoisotopic (exact) mass is 248 g/mol. The predicted octanol–water partition coefficient (Wildman–Crippen LogP) is 2.10. The summed E-state index contributed by atoms with van der Waals surface area (Å²) in [5, 5.41) is 3.13. The summed E-state index contributed by atoms with van der Waals surface area (Å²) in [5.41, 5.74) is 3.21. The molecule has 4 nitrogen and oxygen atoms in total. The third kappa shape index (κ3) is 2.64. The first kappa shape index (κ1) is 12.9. The number of carbonyl (C=O) groups excluding carboxylic acids is 1. The lowest BCUT2D eigenvalue weighted by molar-refractivity contribution is 0.115. The van der Waals surface area contributed by atoms with Crippen molar-refractivity contribution in [3.05, 3.63) is 29.3 Å². The first-order valence-electron chi connectivity index (χ1n) is 6.28. The van der Waals surface area contributed by atoms with Gasteiger partial charge >= 0.3 is 6.09 Å². The number of hydrogen-bond donors (Lipinski definition) is 1. The molecule has 98 valence electrons. The maximum Gasteiger partial charge on any atom is 0.414 e. The van der Waals surface area contributed by atoms with Crippen LogP contribution in [0.1, 0.15) is 11.1 Å². The first-order chi connectivity index (χ1) is 8.61. The second-order valence-electron chi connectivity index (χ2n) is 4.90. The van der Waals surface area contributed by atoms with Crippen LogP contribution in [0.25, 0.3) is 0 Å². The highest BCUT2D eigenvalue weighted by atomic mass is 16.6.